The number of hydrogen-bond donors (Lipinski definition) is 1. The highest BCUT2D eigenvalue weighted by Crippen LogP contribution is 2.33. The number of methoxy groups -OCH3 is 1. The van der Waals surface area contributed by atoms with Crippen LogP contribution in [0.5, 0.6) is 0 Å². The van der Waals surface area contributed by atoms with E-state index in [0.717, 1.165) is 35.4 Å². The second-order valence-corrected chi connectivity index (χ2v) is 6.59. The molecule has 4 nitrogen and oxygen atoms in total. The van der Waals surface area contributed by atoms with Gasteiger partial charge in [0.1, 0.15) is 0 Å². The van der Waals surface area contributed by atoms with Crippen LogP contribution in [-0.2, 0) is 11.3 Å². The first-order chi connectivity index (χ1) is 9.15. The van der Waals surface area contributed by atoms with Gasteiger partial charge >= 0.3 is 0 Å². The van der Waals surface area contributed by atoms with E-state index in [4.69, 9.17) is 9.72 Å². The summed E-state index contributed by atoms with van der Waals surface area (Å²) < 4.78 is 5.27. The highest BCUT2D eigenvalue weighted by Gasteiger charge is 2.24. The van der Waals surface area contributed by atoms with Gasteiger partial charge in [-0.1, -0.05) is 25.2 Å². The van der Waals surface area contributed by atoms with Gasteiger partial charge in [-0.25, -0.2) is 4.98 Å². The molecule has 1 saturated heterocycles. The Labute approximate surface area is 119 Å². The number of aliphatic hydroxyl groups excluding tert-OH is 1. The van der Waals surface area contributed by atoms with Gasteiger partial charge in [0.05, 0.1) is 23.8 Å². The minimum Gasteiger partial charge on any atom is -0.391 e. The number of rotatable bonds is 5. The van der Waals surface area contributed by atoms with E-state index in [1.54, 1.807) is 18.4 Å². The number of aliphatic hydroxyl groups is 1. The molecular weight excluding hydrogens is 260 g/mol. The fraction of sp³-hybridized carbons (Fsp3) is 0.786. The van der Waals surface area contributed by atoms with Gasteiger partial charge in [-0.05, 0) is 24.7 Å². The minimum absolute atomic E-state index is 0.0977. The molecule has 0 aromatic carbocycles. The molecule has 1 fully saturated rings. The Morgan fingerprint density at radius 2 is 2.32 bits per heavy atom. The van der Waals surface area contributed by atoms with Gasteiger partial charge in [-0.2, -0.15) is 0 Å². The van der Waals surface area contributed by atoms with Gasteiger partial charge in [0, 0.05) is 20.2 Å². The molecule has 1 atom stereocenters. The number of piperidine rings is 1. The molecule has 0 radical (unpaired) electrons. The predicted molar refractivity (Wildman–Crippen MR) is 78.9 cm³/mol. The Hall–Kier alpha value is -0.650. The average molecular weight is 284 g/mol. The monoisotopic (exact) mass is 284 g/mol. The maximum atomic E-state index is 9.45. The van der Waals surface area contributed by atoms with Crippen molar-refractivity contribution in [2.45, 2.75) is 39.2 Å². The lowest BCUT2D eigenvalue weighted by Gasteiger charge is -2.32. The van der Waals surface area contributed by atoms with Crippen molar-refractivity contribution in [1.82, 2.24) is 4.98 Å². The smallest absolute Gasteiger partial charge is 0.185 e. The van der Waals surface area contributed by atoms with E-state index < -0.39 is 0 Å². The molecule has 108 valence electrons. The standard InChI is InChI=1S/C14H24N2O2S/c1-10(2)13-12(8-17)19-14(15-13)16-6-4-5-11(7-16)9-18-3/h10-11,17H,4-9H2,1-3H3. The van der Waals surface area contributed by atoms with Crippen molar-refractivity contribution in [1.29, 1.82) is 0 Å². The molecule has 1 aromatic heterocycles. The maximum absolute atomic E-state index is 9.45. The fourth-order valence-corrected chi connectivity index (χ4v) is 3.77. The van der Waals surface area contributed by atoms with Crippen LogP contribution in [0.15, 0.2) is 0 Å². The van der Waals surface area contributed by atoms with Crippen molar-refractivity contribution in [3.63, 3.8) is 0 Å². The van der Waals surface area contributed by atoms with Gasteiger partial charge in [0.2, 0.25) is 0 Å². The lowest BCUT2D eigenvalue weighted by molar-refractivity contribution is 0.143. The van der Waals surface area contributed by atoms with Crippen molar-refractivity contribution in [3.8, 4) is 0 Å². The summed E-state index contributed by atoms with van der Waals surface area (Å²) in [6, 6.07) is 0. The van der Waals surface area contributed by atoms with E-state index in [1.165, 1.54) is 12.8 Å². The van der Waals surface area contributed by atoms with Gasteiger partial charge < -0.3 is 14.7 Å². The molecule has 1 N–H and O–H groups in total. The van der Waals surface area contributed by atoms with Crippen LogP contribution >= 0.6 is 11.3 Å². The fourth-order valence-electron chi connectivity index (χ4n) is 2.66. The lowest BCUT2D eigenvalue weighted by atomic mass is 9.99. The third-order valence-corrected chi connectivity index (χ3v) is 4.72. The molecule has 2 heterocycles. The van der Waals surface area contributed by atoms with E-state index in [0.29, 0.717) is 11.8 Å². The Balaban J connectivity index is 2.12. The van der Waals surface area contributed by atoms with Crippen molar-refractivity contribution >= 4 is 16.5 Å². The third kappa shape index (κ3) is 3.46. The molecule has 0 saturated carbocycles. The SMILES string of the molecule is COCC1CCCN(c2nc(C(C)C)c(CO)s2)C1. The summed E-state index contributed by atoms with van der Waals surface area (Å²) in [5.74, 6) is 0.967. The largest absolute Gasteiger partial charge is 0.391 e. The number of thiazole rings is 1. The van der Waals surface area contributed by atoms with Crippen molar-refractivity contribution in [2.24, 2.45) is 5.92 Å². The van der Waals surface area contributed by atoms with Crippen LogP contribution in [0.25, 0.3) is 0 Å². The van der Waals surface area contributed by atoms with Crippen LogP contribution < -0.4 is 4.90 Å². The molecule has 0 spiro atoms. The number of ether oxygens (including phenoxy) is 1. The van der Waals surface area contributed by atoms with E-state index in [2.05, 4.69) is 18.7 Å². The number of nitrogens with zero attached hydrogens (tertiary/aromatic N) is 2. The molecule has 0 amide bonds. The normalized spacial score (nSPS) is 20.3. The molecular formula is C14H24N2O2S. The molecule has 2 rings (SSSR count). The zero-order valence-corrected chi connectivity index (χ0v) is 12.9. The van der Waals surface area contributed by atoms with Gasteiger partial charge in [0.15, 0.2) is 5.13 Å². The molecule has 1 aliphatic rings. The predicted octanol–water partition coefficient (Wildman–Crippen LogP) is 2.62. The minimum atomic E-state index is 0.0977. The molecule has 19 heavy (non-hydrogen) atoms. The Morgan fingerprint density at radius 1 is 1.53 bits per heavy atom. The first-order valence-corrected chi connectivity index (χ1v) is 7.81. The van der Waals surface area contributed by atoms with Crippen molar-refractivity contribution < 1.29 is 9.84 Å². The van der Waals surface area contributed by atoms with Crippen molar-refractivity contribution in [3.05, 3.63) is 10.6 Å². The van der Waals surface area contributed by atoms with Crippen LogP contribution in [0.3, 0.4) is 0 Å². The van der Waals surface area contributed by atoms with Crippen LogP contribution in [0, 0.1) is 5.92 Å². The lowest BCUT2D eigenvalue weighted by Crippen LogP contribution is -2.37. The zero-order valence-electron chi connectivity index (χ0n) is 12.1. The van der Waals surface area contributed by atoms with Crippen LogP contribution in [0.2, 0.25) is 0 Å². The molecule has 1 aliphatic heterocycles. The molecule has 1 aromatic rings. The van der Waals surface area contributed by atoms with E-state index in [-0.39, 0.29) is 6.61 Å². The quantitative estimate of drug-likeness (QED) is 0.903. The van der Waals surface area contributed by atoms with E-state index >= 15 is 0 Å². The molecule has 5 heteroatoms. The third-order valence-electron chi connectivity index (χ3n) is 3.60. The number of aromatic nitrogens is 1. The second-order valence-electron chi connectivity index (χ2n) is 5.53. The molecule has 1 unspecified atom stereocenters. The van der Waals surface area contributed by atoms with Crippen LogP contribution in [0.1, 0.15) is 43.2 Å². The van der Waals surface area contributed by atoms with Gasteiger partial charge in [0.25, 0.3) is 0 Å². The zero-order chi connectivity index (χ0) is 13.8. The summed E-state index contributed by atoms with van der Waals surface area (Å²) in [5, 5.41) is 10.5. The average Bonchev–Trinajstić information content (AvgIpc) is 2.84. The Bertz CT molecular complexity index is 404. The summed E-state index contributed by atoms with van der Waals surface area (Å²) >= 11 is 1.64. The summed E-state index contributed by atoms with van der Waals surface area (Å²) in [5.41, 5.74) is 1.05. The second kappa shape index (κ2) is 6.68. The van der Waals surface area contributed by atoms with Crippen molar-refractivity contribution in [2.75, 3.05) is 31.7 Å². The molecule has 0 aliphatic carbocycles. The van der Waals surface area contributed by atoms with Gasteiger partial charge in [-0.3, -0.25) is 0 Å². The maximum Gasteiger partial charge on any atom is 0.185 e. The van der Waals surface area contributed by atoms with Crippen LogP contribution in [0.4, 0.5) is 5.13 Å². The number of anilines is 1. The summed E-state index contributed by atoms with van der Waals surface area (Å²) in [7, 11) is 1.77. The number of hydrogen-bond acceptors (Lipinski definition) is 5. The highest BCUT2D eigenvalue weighted by atomic mass is 32.1. The summed E-state index contributed by atoms with van der Waals surface area (Å²) in [4.78, 5) is 8.11. The first kappa shape index (κ1) is 14.8. The topological polar surface area (TPSA) is 45.6 Å². The highest BCUT2D eigenvalue weighted by molar-refractivity contribution is 7.15. The van der Waals surface area contributed by atoms with Crippen LogP contribution in [-0.4, -0.2) is 36.9 Å². The van der Waals surface area contributed by atoms with E-state index in [1.807, 2.05) is 0 Å². The summed E-state index contributed by atoms with van der Waals surface area (Å²) in [6.07, 6.45) is 2.43. The molecule has 0 bridgehead atoms. The van der Waals surface area contributed by atoms with E-state index in [9.17, 15) is 5.11 Å². The summed E-state index contributed by atoms with van der Waals surface area (Å²) in [6.45, 7) is 7.26. The first-order valence-electron chi connectivity index (χ1n) is 7.00. The van der Waals surface area contributed by atoms with Gasteiger partial charge in [-0.15, -0.1) is 0 Å². The Morgan fingerprint density at radius 3 is 2.89 bits per heavy atom. The Kier molecular flexibility index (Phi) is 5.19.